The Kier molecular flexibility index (Phi) is 6.25. The zero-order valence-corrected chi connectivity index (χ0v) is 16.0. The second kappa shape index (κ2) is 8.86. The zero-order valence-electron chi connectivity index (χ0n) is 16.0. The Hall–Kier alpha value is -3.55. The molecule has 0 aliphatic heterocycles. The normalized spacial score (nSPS) is 12.3. The molecule has 0 fully saturated rings. The molecule has 3 rings (SSSR count). The molecule has 2 aromatic carbocycles. The molecular weight excluding hydrogens is 397 g/mol. The van der Waals surface area contributed by atoms with E-state index in [9.17, 15) is 22.8 Å². The first-order valence-electron chi connectivity index (χ1n) is 9.13. The van der Waals surface area contributed by atoms with E-state index in [0.717, 1.165) is 5.56 Å². The van der Waals surface area contributed by atoms with Crippen molar-refractivity contribution in [3.63, 3.8) is 0 Å². The Labute approximate surface area is 170 Å². The second-order valence-corrected chi connectivity index (χ2v) is 6.65. The molecule has 0 saturated heterocycles. The van der Waals surface area contributed by atoms with Gasteiger partial charge in [0.2, 0.25) is 0 Å². The predicted molar refractivity (Wildman–Crippen MR) is 105 cm³/mol. The van der Waals surface area contributed by atoms with E-state index in [4.69, 9.17) is 0 Å². The van der Waals surface area contributed by atoms with Crippen molar-refractivity contribution in [3.05, 3.63) is 100.0 Å². The number of halogens is 3. The molecule has 1 aromatic heterocycles. The van der Waals surface area contributed by atoms with Crippen LogP contribution in [0.1, 0.15) is 34.5 Å². The maximum atomic E-state index is 12.7. The summed E-state index contributed by atoms with van der Waals surface area (Å²) >= 11 is 0. The lowest BCUT2D eigenvalue weighted by Crippen LogP contribution is -2.34. The highest BCUT2D eigenvalue weighted by Gasteiger charge is 2.31. The lowest BCUT2D eigenvalue weighted by atomic mass is 10.1. The number of ether oxygens (including phenoxy) is 1. The zero-order chi connectivity index (χ0) is 21.7. The molecule has 0 spiro atoms. The van der Waals surface area contributed by atoms with Crippen molar-refractivity contribution < 1.29 is 22.7 Å². The van der Waals surface area contributed by atoms with Gasteiger partial charge in [-0.1, -0.05) is 42.5 Å². The Morgan fingerprint density at radius 3 is 2.33 bits per heavy atom. The van der Waals surface area contributed by atoms with E-state index in [1.54, 1.807) is 19.2 Å². The van der Waals surface area contributed by atoms with Gasteiger partial charge in [-0.25, -0.2) is 0 Å². The van der Waals surface area contributed by atoms with Gasteiger partial charge in [0, 0.05) is 6.20 Å². The molecule has 0 saturated carbocycles. The van der Waals surface area contributed by atoms with Crippen LogP contribution >= 0.6 is 0 Å². The standard InChI is InChI=1S/C22H19F3N2O3/c1-15(17-9-11-18(12-10-17)30-22(23,24)25)26-20(28)19-8-5-13-27(21(19)29)14-16-6-3-2-4-7-16/h2-13,15H,14H2,1H3,(H,26,28). The molecule has 30 heavy (non-hydrogen) atoms. The fourth-order valence-electron chi connectivity index (χ4n) is 2.93. The highest BCUT2D eigenvalue weighted by molar-refractivity contribution is 5.94. The number of nitrogens with one attached hydrogen (secondary N) is 1. The van der Waals surface area contributed by atoms with Crippen molar-refractivity contribution in [2.24, 2.45) is 0 Å². The fourth-order valence-corrected chi connectivity index (χ4v) is 2.93. The monoisotopic (exact) mass is 416 g/mol. The van der Waals surface area contributed by atoms with Crippen LogP contribution in [0.3, 0.4) is 0 Å². The van der Waals surface area contributed by atoms with E-state index in [1.165, 1.54) is 34.9 Å². The molecule has 0 radical (unpaired) electrons. The summed E-state index contributed by atoms with van der Waals surface area (Å²) < 4.78 is 42.0. The molecule has 1 heterocycles. The summed E-state index contributed by atoms with van der Waals surface area (Å²) in [5.41, 5.74) is 1.04. The van der Waals surface area contributed by atoms with Crippen LogP contribution in [0, 0.1) is 0 Å². The van der Waals surface area contributed by atoms with E-state index in [2.05, 4.69) is 10.1 Å². The Morgan fingerprint density at radius 2 is 1.70 bits per heavy atom. The van der Waals surface area contributed by atoms with E-state index in [1.807, 2.05) is 30.3 Å². The smallest absolute Gasteiger partial charge is 0.406 e. The van der Waals surface area contributed by atoms with Gasteiger partial charge in [-0.2, -0.15) is 0 Å². The molecule has 3 aromatic rings. The fraction of sp³-hybridized carbons (Fsp3) is 0.182. The summed E-state index contributed by atoms with van der Waals surface area (Å²) in [5.74, 6) is -0.915. The van der Waals surface area contributed by atoms with Gasteiger partial charge in [-0.05, 0) is 42.3 Å². The van der Waals surface area contributed by atoms with Crippen molar-refractivity contribution in [3.8, 4) is 5.75 Å². The summed E-state index contributed by atoms with van der Waals surface area (Å²) in [6.07, 6.45) is -3.16. The number of carbonyl (C=O) groups is 1. The minimum absolute atomic E-state index is 0.0164. The Morgan fingerprint density at radius 1 is 1.03 bits per heavy atom. The van der Waals surface area contributed by atoms with Gasteiger partial charge in [0.05, 0.1) is 12.6 Å². The molecule has 0 aliphatic rings. The highest BCUT2D eigenvalue weighted by Crippen LogP contribution is 2.24. The lowest BCUT2D eigenvalue weighted by Gasteiger charge is -2.16. The number of aromatic nitrogens is 1. The van der Waals surface area contributed by atoms with Gasteiger partial charge in [0.1, 0.15) is 11.3 Å². The largest absolute Gasteiger partial charge is 0.573 e. The predicted octanol–water partition coefficient (Wildman–Crippen LogP) is 4.29. The molecule has 1 amide bonds. The molecule has 0 bridgehead atoms. The van der Waals surface area contributed by atoms with Crippen LogP contribution in [0.15, 0.2) is 77.7 Å². The van der Waals surface area contributed by atoms with Crippen molar-refractivity contribution in [1.82, 2.24) is 9.88 Å². The van der Waals surface area contributed by atoms with Gasteiger partial charge >= 0.3 is 6.36 Å². The van der Waals surface area contributed by atoms with E-state index in [0.29, 0.717) is 12.1 Å². The molecule has 8 heteroatoms. The summed E-state index contributed by atoms with van der Waals surface area (Å²) in [6.45, 7) is 2.00. The minimum Gasteiger partial charge on any atom is -0.406 e. The van der Waals surface area contributed by atoms with Crippen LogP contribution < -0.4 is 15.6 Å². The number of rotatable bonds is 6. The first-order valence-corrected chi connectivity index (χ1v) is 9.13. The molecule has 1 atom stereocenters. The topological polar surface area (TPSA) is 60.3 Å². The third-order valence-electron chi connectivity index (χ3n) is 4.42. The van der Waals surface area contributed by atoms with Crippen LogP contribution in [0.25, 0.3) is 0 Å². The van der Waals surface area contributed by atoms with Crippen LogP contribution in [0.5, 0.6) is 5.75 Å². The Balaban J connectivity index is 1.71. The first-order chi connectivity index (χ1) is 14.2. The van der Waals surface area contributed by atoms with Crippen molar-refractivity contribution in [2.45, 2.75) is 25.9 Å². The van der Waals surface area contributed by atoms with Gasteiger partial charge < -0.3 is 14.6 Å². The third-order valence-corrected chi connectivity index (χ3v) is 4.42. The van der Waals surface area contributed by atoms with Crippen molar-refractivity contribution >= 4 is 5.91 Å². The molecule has 1 N–H and O–H groups in total. The molecule has 1 unspecified atom stereocenters. The molecular formula is C22H19F3N2O3. The van der Waals surface area contributed by atoms with E-state index >= 15 is 0 Å². The maximum absolute atomic E-state index is 12.7. The third kappa shape index (κ3) is 5.50. The number of nitrogens with zero attached hydrogens (tertiary/aromatic N) is 1. The average Bonchev–Trinajstić information content (AvgIpc) is 2.69. The number of pyridine rings is 1. The number of carbonyl (C=O) groups excluding carboxylic acids is 1. The van der Waals surface area contributed by atoms with E-state index < -0.39 is 23.9 Å². The number of benzene rings is 2. The number of amides is 1. The first kappa shape index (κ1) is 21.2. The number of hydrogen-bond acceptors (Lipinski definition) is 3. The van der Waals surface area contributed by atoms with Gasteiger partial charge in [0.25, 0.3) is 11.5 Å². The summed E-state index contributed by atoms with van der Waals surface area (Å²) in [7, 11) is 0. The van der Waals surface area contributed by atoms with Crippen LogP contribution in [0.4, 0.5) is 13.2 Å². The lowest BCUT2D eigenvalue weighted by molar-refractivity contribution is -0.274. The summed E-state index contributed by atoms with van der Waals surface area (Å²) in [6, 6.07) is 17.1. The quantitative estimate of drug-likeness (QED) is 0.652. The minimum atomic E-state index is -4.77. The van der Waals surface area contributed by atoms with Gasteiger partial charge in [0.15, 0.2) is 0 Å². The average molecular weight is 416 g/mol. The van der Waals surface area contributed by atoms with Crippen LogP contribution in [-0.2, 0) is 6.54 Å². The van der Waals surface area contributed by atoms with E-state index in [-0.39, 0.29) is 11.3 Å². The maximum Gasteiger partial charge on any atom is 0.573 e. The van der Waals surface area contributed by atoms with Crippen LogP contribution in [-0.4, -0.2) is 16.8 Å². The van der Waals surface area contributed by atoms with Crippen LogP contribution in [0.2, 0.25) is 0 Å². The van der Waals surface area contributed by atoms with Crippen molar-refractivity contribution in [2.75, 3.05) is 0 Å². The number of alkyl halides is 3. The number of hydrogen-bond donors (Lipinski definition) is 1. The van der Waals surface area contributed by atoms with Gasteiger partial charge in [-0.15, -0.1) is 13.2 Å². The highest BCUT2D eigenvalue weighted by atomic mass is 19.4. The summed E-state index contributed by atoms with van der Waals surface area (Å²) in [5, 5.41) is 2.70. The van der Waals surface area contributed by atoms with Gasteiger partial charge in [-0.3, -0.25) is 9.59 Å². The molecule has 5 nitrogen and oxygen atoms in total. The summed E-state index contributed by atoms with van der Waals surface area (Å²) in [4.78, 5) is 25.3. The molecule has 156 valence electrons. The molecule has 0 aliphatic carbocycles. The second-order valence-electron chi connectivity index (χ2n) is 6.65. The van der Waals surface area contributed by atoms with Crippen molar-refractivity contribution in [1.29, 1.82) is 0 Å². The Bertz CT molecular complexity index is 1060. The SMILES string of the molecule is CC(NC(=O)c1cccn(Cc2ccccc2)c1=O)c1ccc(OC(F)(F)F)cc1.